The highest BCUT2D eigenvalue weighted by molar-refractivity contribution is 5.88. The molecule has 0 bridgehead atoms. The van der Waals surface area contributed by atoms with Crippen molar-refractivity contribution >= 4 is 16.7 Å². The Morgan fingerprint density at radius 3 is 2.29 bits per heavy atom. The molecule has 2 rings (SSSR count). The fraction of sp³-hybridized carbons (Fsp3) is 0.464. The van der Waals surface area contributed by atoms with Crippen molar-refractivity contribution in [3.05, 3.63) is 48.0 Å². The van der Waals surface area contributed by atoms with Crippen LogP contribution in [-0.4, -0.2) is 5.97 Å². The molecule has 2 N–H and O–H groups in total. The lowest BCUT2D eigenvalue weighted by molar-refractivity contribution is -0.883. The maximum absolute atomic E-state index is 11.7. The molecule has 31 heavy (non-hydrogen) atoms. The number of hydrogen-bond acceptors (Lipinski definition) is 2. The van der Waals surface area contributed by atoms with E-state index >= 15 is 0 Å². The smallest absolute Gasteiger partial charge is 0.0891 e. The molecule has 0 saturated heterocycles. The van der Waals surface area contributed by atoms with Gasteiger partial charge in [0.2, 0.25) is 0 Å². The first-order chi connectivity index (χ1) is 15.3. The van der Waals surface area contributed by atoms with Gasteiger partial charge in [0.1, 0.15) is 5.92 Å². The highest BCUT2D eigenvalue weighted by Crippen LogP contribution is 2.17. The molecule has 0 aromatic heterocycles. The van der Waals surface area contributed by atoms with E-state index in [1.165, 1.54) is 74.0 Å². The maximum atomic E-state index is 11.7. The third kappa shape index (κ3) is 10.7. The molecule has 0 aliphatic rings. The molecule has 0 saturated carbocycles. The highest BCUT2D eigenvalue weighted by Gasteiger charge is 2.17. The number of fused-ring (bicyclic) bond motifs is 1. The van der Waals surface area contributed by atoms with Crippen LogP contribution in [0.5, 0.6) is 0 Å². The quantitative estimate of drug-likeness (QED) is 0.197. The summed E-state index contributed by atoms with van der Waals surface area (Å²) in [7, 11) is 0. The van der Waals surface area contributed by atoms with Crippen LogP contribution < -0.4 is 5.48 Å². The van der Waals surface area contributed by atoms with Crippen molar-refractivity contribution in [1.82, 2.24) is 0 Å². The van der Waals surface area contributed by atoms with Crippen LogP contribution in [0.1, 0.15) is 83.1 Å². The van der Waals surface area contributed by atoms with Crippen molar-refractivity contribution in [2.24, 2.45) is 0 Å². The van der Waals surface area contributed by atoms with E-state index in [0.717, 1.165) is 18.4 Å². The molecule has 0 atom stereocenters. The third-order valence-corrected chi connectivity index (χ3v) is 5.34. The van der Waals surface area contributed by atoms with E-state index in [2.05, 4.69) is 48.8 Å². The van der Waals surface area contributed by atoms with Crippen LogP contribution in [0.4, 0.5) is 0 Å². The number of quaternary nitrogens is 1. The summed E-state index contributed by atoms with van der Waals surface area (Å²) in [4.78, 5) is 16.8. The Morgan fingerprint density at radius 2 is 1.52 bits per heavy atom. The van der Waals surface area contributed by atoms with Crippen molar-refractivity contribution in [3.8, 4) is 23.7 Å². The average Bonchev–Trinajstić information content (AvgIpc) is 2.79. The molecular weight excluding hydrogens is 382 g/mol. The fourth-order valence-electron chi connectivity index (χ4n) is 3.60. The van der Waals surface area contributed by atoms with Gasteiger partial charge in [-0.2, -0.15) is 0 Å². The van der Waals surface area contributed by atoms with Crippen LogP contribution in [0.25, 0.3) is 10.8 Å². The molecule has 1 radical (unpaired) electrons. The van der Waals surface area contributed by atoms with Crippen LogP contribution in [0.2, 0.25) is 0 Å². The van der Waals surface area contributed by atoms with Gasteiger partial charge in [-0.15, -0.1) is 0 Å². The van der Waals surface area contributed by atoms with Gasteiger partial charge >= 0.3 is 5.97 Å². The Hall–Kier alpha value is -2.75. The van der Waals surface area contributed by atoms with Gasteiger partial charge in [0.15, 0.2) is 6.54 Å². The molecule has 3 heteroatoms. The summed E-state index contributed by atoms with van der Waals surface area (Å²) in [6.07, 6.45) is 14.0. The predicted octanol–water partition coefficient (Wildman–Crippen LogP) is 5.68. The molecule has 2 aromatic rings. The molecule has 3 nitrogen and oxygen atoms in total. The minimum atomic E-state index is -0.562. The van der Waals surface area contributed by atoms with Gasteiger partial charge in [-0.1, -0.05) is 123 Å². The first-order valence-electron chi connectivity index (χ1n) is 11.8. The SMILES string of the molecule is CCCCCCCCCCCCC#CC#CC(=[O+])O[NH2+]Cc1cccc2ccccc12. The first-order valence-corrected chi connectivity index (χ1v) is 11.8. The summed E-state index contributed by atoms with van der Waals surface area (Å²) < 4.78 is 0. The zero-order chi connectivity index (χ0) is 22.0. The van der Waals surface area contributed by atoms with Gasteiger partial charge < -0.3 is 0 Å². The van der Waals surface area contributed by atoms with Gasteiger partial charge in [-0.3, -0.25) is 0 Å². The van der Waals surface area contributed by atoms with Crippen LogP contribution in [0.3, 0.4) is 0 Å². The zero-order valence-electron chi connectivity index (χ0n) is 18.9. The Kier molecular flexibility index (Phi) is 12.7. The molecule has 0 aliphatic heterocycles. The topological polar surface area (TPSA) is 45.7 Å². The van der Waals surface area contributed by atoms with Crippen LogP contribution in [-0.2, 0) is 16.2 Å². The summed E-state index contributed by atoms with van der Waals surface area (Å²) >= 11 is 0. The first kappa shape index (κ1) is 24.5. The number of unbranched alkanes of at least 4 members (excludes halogenated alkanes) is 10. The molecule has 0 amide bonds. The zero-order valence-corrected chi connectivity index (χ0v) is 18.9. The summed E-state index contributed by atoms with van der Waals surface area (Å²) in [6, 6.07) is 14.3. The highest BCUT2D eigenvalue weighted by atomic mass is 16.7. The Bertz CT molecular complexity index is 906. The number of hydroxylamine groups is 1. The van der Waals surface area contributed by atoms with Gasteiger partial charge in [-0.05, 0) is 23.1 Å². The summed E-state index contributed by atoms with van der Waals surface area (Å²) in [5, 5.41) is 2.35. The lowest BCUT2D eigenvalue weighted by Crippen LogP contribution is -2.82. The van der Waals surface area contributed by atoms with Gasteiger partial charge in [0.25, 0.3) is 0 Å². The normalized spacial score (nSPS) is 10.1. The van der Waals surface area contributed by atoms with Crippen molar-refractivity contribution < 1.29 is 15.1 Å². The Balaban J connectivity index is 1.52. The number of hydrogen-bond donors (Lipinski definition) is 1. The van der Waals surface area contributed by atoms with Crippen molar-refractivity contribution in [1.29, 1.82) is 0 Å². The Morgan fingerprint density at radius 1 is 0.839 bits per heavy atom. The van der Waals surface area contributed by atoms with E-state index in [9.17, 15) is 4.79 Å². The second-order valence-corrected chi connectivity index (χ2v) is 7.90. The molecule has 0 unspecified atom stereocenters. The van der Waals surface area contributed by atoms with Gasteiger partial charge in [0, 0.05) is 17.9 Å². The third-order valence-electron chi connectivity index (χ3n) is 5.34. The summed E-state index contributed by atoms with van der Waals surface area (Å²) in [5.74, 6) is 10.2. The summed E-state index contributed by atoms with van der Waals surface area (Å²) in [6.45, 7) is 2.81. The standard InChI is InChI=1S/C28H35NO2/c1-2-3-4-5-6-7-8-9-10-11-12-13-14-15-23-28(30)31-29-24-26-21-18-20-25-19-16-17-22-27(25)26/h16-22,29H,2-12,24H2,1H3/q+1/p+1. The molecule has 0 fully saturated rings. The number of carbonyl (C=O) groups excluding carboxylic acids is 1. The molecule has 0 aliphatic carbocycles. The van der Waals surface area contributed by atoms with E-state index < -0.39 is 5.97 Å². The van der Waals surface area contributed by atoms with Crippen molar-refractivity contribution in [3.63, 3.8) is 0 Å². The van der Waals surface area contributed by atoms with Gasteiger partial charge in [0.05, 0.1) is 4.79 Å². The predicted molar refractivity (Wildman–Crippen MR) is 128 cm³/mol. The lowest BCUT2D eigenvalue weighted by Gasteiger charge is -2.01. The number of carbonyl (C=O) groups is 1. The average molecular weight is 419 g/mol. The second kappa shape index (κ2) is 16.0. The van der Waals surface area contributed by atoms with Crippen LogP contribution in [0.15, 0.2) is 42.5 Å². The molecular formula is C28H36NO2+2. The van der Waals surface area contributed by atoms with E-state index in [1.54, 1.807) is 0 Å². The molecule has 2 aromatic carbocycles. The second-order valence-electron chi connectivity index (χ2n) is 7.90. The number of rotatable bonds is 13. The minimum Gasteiger partial charge on any atom is -0.0891 e. The minimum absolute atomic E-state index is 0.555. The molecule has 0 spiro atoms. The number of nitrogens with two attached hydrogens (primary N) is 1. The van der Waals surface area contributed by atoms with E-state index in [-0.39, 0.29) is 0 Å². The maximum Gasteiger partial charge on any atom is 0.715 e. The largest absolute Gasteiger partial charge is 0.715 e. The van der Waals surface area contributed by atoms with E-state index in [1.807, 2.05) is 24.3 Å². The number of benzene rings is 2. The molecule has 163 valence electrons. The van der Waals surface area contributed by atoms with Crippen molar-refractivity contribution in [2.75, 3.05) is 0 Å². The summed E-state index contributed by atoms with van der Waals surface area (Å²) in [5.41, 5.74) is 2.63. The Labute approximate surface area is 187 Å². The van der Waals surface area contributed by atoms with Crippen LogP contribution in [0, 0.1) is 23.7 Å². The molecule has 0 heterocycles. The van der Waals surface area contributed by atoms with Crippen molar-refractivity contribution in [2.45, 2.75) is 84.1 Å². The fourth-order valence-corrected chi connectivity index (χ4v) is 3.60. The van der Waals surface area contributed by atoms with E-state index in [0.29, 0.717) is 6.54 Å². The lowest BCUT2D eigenvalue weighted by atomic mass is 10.1. The van der Waals surface area contributed by atoms with Crippen LogP contribution >= 0.6 is 0 Å². The van der Waals surface area contributed by atoms with Gasteiger partial charge in [-0.25, -0.2) is 0 Å². The monoisotopic (exact) mass is 418 g/mol. The van der Waals surface area contributed by atoms with E-state index in [4.69, 9.17) is 4.84 Å².